The second-order valence-corrected chi connectivity index (χ2v) is 6.43. The zero-order chi connectivity index (χ0) is 20.0. The molecule has 0 aliphatic heterocycles. The second-order valence-electron chi connectivity index (χ2n) is 6.07. The van der Waals surface area contributed by atoms with Crippen molar-refractivity contribution in [3.63, 3.8) is 0 Å². The van der Waals surface area contributed by atoms with Gasteiger partial charge in [0.25, 0.3) is 6.26 Å². The average Bonchev–Trinajstić information content (AvgIpc) is 2.66. The molecule has 0 atom stereocenters. The summed E-state index contributed by atoms with van der Waals surface area (Å²) in [7, 11) is 1.62. The van der Waals surface area contributed by atoms with Crippen molar-refractivity contribution in [2.45, 2.75) is 27.4 Å². The quantitative estimate of drug-likeness (QED) is 0.579. The van der Waals surface area contributed by atoms with Crippen molar-refractivity contribution in [1.29, 1.82) is 5.26 Å². The van der Waals surface area contributed by atoms with E-state index in [0.717, 1.165) is 33.6 Å². The third kappa shape index (κ3) is 4.81. The van der Waals surface area contributed by atoms with Crippen LogP contribution in [0.25, 0.3) is 5.70 Å². The zero-order valence-corrected chi connectivity index (χ0v) is 16.6. The zero-order valence-electron chi connectivity index (χ0n) is 15.8. The molecule has 0 heterocycles. The minimum absolute atomic E-state index is 0.294. The van der Waals surface area contributed by atoms with Gasteiger partial charge in [0.15, 0.2) is 0 Å². The lowest BCUT2D eigenvalue weighted by Gasteiger charge is -2.14. The molecule has 0 spiro atoms. The Morgan fingerprint density at radius 2 is 1.93 bits per heavy atom. The Balaban J connectivity index is 2.25. The van der Waals surface area contributed by atoms with Crippen LogP contribution in [0.1, 0.15) is 29.2 Å². The first-order chi connectivity index (χ1) is 12.9. The predicted molar refractivity (Wildman–Crippen MR) is 109 cm³/mol. The normalized spacial score (nSPS) is 12.2. The van der Waals surface area contributed by atoms with Gasteiger partial charge in [-0.3, -0.25) is 4.99 Å². The van der Waals surface area contributed by atoms with Gasteiger partial charge in [-0.2, -0.15) is 0 Å². The van der Waals surface area contributed by atoms with E-state index in [4.69, 9.17) is 32.1 Å². The highest BCUT2D eigenvalue weighted by molar-refractivity contribution is 6.70. The summed E-state index contributed by atoms with van der Waals surface area (Å²) in [6, 6.07) is 11.2. The molecule has 140 valence electrons. The maximum absolute atomic E-state index is 8.80. The number of halogens is 1. The number of allylic oxidation sites excluding steroid dienone is 1. The first-order valence-corrected chi connectivity index (χ1v) is 8.74. The molecule has 0 amide bonds. The molecule has 0 radical (unpaired) electrons. The van der Waals surface area contributed by atoms with E-state index in [1.165, 1.54) is 0 Å². The van der Waals surface area contributed by atoms with Gasteiger partial charge in [0.1, 0.15) is 23.3 Å². The maximum Gasteiger partial charge on any atom is 0.292 e. The molecular formula is C21H22ClN3O2. The number of rotatable bonds is 6. The summed E-state index contributed by atoms with van der Waals surface area (Å²) in [5, 5.41) is 9.19. The summed E-state index contributed by atoms with van der Waals surface area (Å²) >= 11 is 6.06. The van der Waals surface area contributed by atoms with Crippen molar-refractivity contribution in [2.75, 3.05) is 7.05 Å². The molecule has 2 aromatic rings. The van der Waals surface area contributed by atoms with E-state index in [1.807, 2.05) is 51.1 Å². The molecule has 0 saturated carbocycles. The van der Waals surface area contributed by atoms with E-state index < -0.39 is 0 Å². The van der Waals surface area contributed by atoms with Crippen molar-refractivity contribution in [2.24, 2.45) is 10.7 Å². The van der Waals surface area contributed by atoms with Gasteiger partial charge in [-0.1, -0.05) is 23.7 Å². The highest BCUT2D eigenvalue weighted by Gasteiger charge is 2.11. The summed E-state index contributed by atoms with van der Waals surface area (Å²) in [5.41, 5.74) is 11.1. The smallest absolute Gasteiger partial charge is 0.292 e. The summed E-state index contributed by atoms with van der Waals surface area (Å²) < 4.78 is 11.0. The number of nitriles is 1. The summed E-state index contributed by atoms with van der Waals surface area (Å²) in [6.07, 6.45) is 1.71. The fourth-order valence-corrected chi connectivity index (χ4v) is 2.73. The number of ether oxygens (including phenoxy) is 2. The molecule has 6 heteroatoms. The maximum atomic E-state index is 8.80. The van der Waals surface area contributed by atoms with Gasteiger partial charge < -0.3 is 15.2 Å². The van der Waals surface area contributed by atoms with Gasteiger partial charge in [-0.05, 0) is 61.7 Å². The Hall–Kier alpha value is -2.97. The molecular weight excluding hydrogens is 362 g/mol. The molecule has 0 aliphatic rings. The minimum Gasteiger partial charge on any atom is -0.488 e. The third-order valence-electron chi connectivity index (χ3n) is 4.29. The SMILES string of the molecule is CN=C(Cl)C(C)=C(N)c1ccc(OCc2c(C)cccc2OC#N)c(C)c1. The van der Waals surface area contributed by atoms with Crippen LogP contribution in [-0.2, 0) is 6.61 Å². The Morgan fingerprint density at radius 3 is 2.56 bits per heavy atom. The Labute approximate surface area is 164 Å². The van der Waals surface area contributed by atoms with Crippen LogP contribution in [0.4, 0.5) is 0 Å². The fourth-order valence-electron chi connectivity index (χ4n) is 2.63. The van der Waals surface area contributed by atoms with E-state index in [-0.39, 0.29) is 0 Å². The monoisotopic (exact) mass is 383 g/mol. The van der Waals surface area contributed by atoms with Gasteiger partial charge in [0, 0.05) is 23.9 Å². The van der Waals surface area contributed by atoms with Crippen molar-refractivity contribution >= 4 is 22.5 Å². The topological polar surface area (TPSA) is 80.6 Å². The molecule has 0 bridgehead atoms. The molecule has 0 saturated heterocycles. The van der Waals surface area contributed by atoms with Gasteiger partial charge in [0.2, 0.25) is 0 Å². The van der Waals surface area contributed by atoms with Gasteiger partial charge in [-0.25, -0.2) is 0 Å². The lowest BCUT2D eigenvalue weighted by atomic mass is 10.0. The Morgan fingerprint density at radius 1 is 1.19 bits per heavy atom. The van der Waals surface area contributed by atoms with Crippen LogP contribution in [0.3, 0.4) is 0 Å². The largest absolute Gasteiger partial charge is 0.488 e. The Bertz CT molecular complexity index is 943. The van der Waals surface area contributed by atoms with Crippen LogP contribution < -0.4 is 15.2 Å². The highest BCUT2D eigenvalue weighted by atomic mass is 35.5. The molecule has 0 aromatic heterocycles. The molecule has 2 aromatic carbocycles. The number of aliphatic imine (C=N–C) groups is 1. The second kappa shape index (κ2) is 9.11. The average molecular weight is 384 g/mol. The third-order valence-corrected chi connectivity index (χ3v) is 4.74. The van der Waals surface area contributed by atoms with Crippen molar-refractivity contribution in [3.05, 3.63) is 64.2 Å². The number of nitrogens with two attached hydrogens (primary N) is 1. The Kier molecular flexibility index (Phi) is 6.86. The van der Waals surface area contributed by atoms with Crippen molar-refractivity contribution in [3.8, 4) is 17.8 Å². The number of hydrogen-bond acceptors (Lipinski definition) is 5. The van der Waals surface area contributed by atoms with Crippen LogP contribution in [0.5, 0.6) is 11.5 Å². The fraction of sp³-hybridized carbons (Fsp3) is 0.238. The first-order valence-electron chi connectivity index (χ1n) is 8.36. The predicted octanol–water partition coefficient (Wildman–Crippen LogP) is 4.70. The first kappa shape index (κ1) is 20.3. The van der Waals surface area contributed by atoms with Gasteiger partial charge in [-0.15, -0.1) is 5.26 Å². The molecule has 5 nitrogen and oxygen atoms in total. The molecule has 0 fully saturated rings. The van der Waals surface area contributed by atoms with Crippen molar-refractivity contribution < 1.29 is 9.47 Å². The van der Waals surface area contributed by atoms with Crippen LogP contribution in [-0.4, -0.2) is 12.2 Å². The molecule has 27 heavy (non-hydrogen) atoms. The lowest BCUT2D eigenvalue weighted by molar-refractivity contribution is 0.298. The molecule has 2 rings (SSSR count). The lowest BCUT2D eigenvalue weighted by Crippen LogP contribution is -2.05. The number of benzene rings is 2. The van der Waals surface area contributed by atoms with E-state index in [1.54, 1.807) is 19.4 Å². The van der Waals surface area contributed by atoms with Crippen LogP contribution in [0.15, 0.2) is 47.0 Å². The molecule has 0 unspecified atom stereocenters. The number of aryl methyl sites for hydroxylation is 2. The van der Waals surface area contributed by atoms with Gasteiger partial charge >= 0.3 is 0 Å². The number of hydrogen-bond donors (Lipinski definition) is 1. The highest BCUT2D eigenvalue weighted by Crippen LogP contribution is 2.27. The van der Waals surface area contributed by atoms with Crippen molar-refractivity contribution in [1.82, 2.24) is 0 Å². The van der Waals surface area contributed by atoms with E-state index >= 15 is 0 Å². The summed E-state index contributed by atoms with van der Waals surface area (Å²) in [4.78, 5) is 3.95. The summed E-state index contributed by atoms with van der Waals surface area (Å²) in [6.45, 7) is 6.02. The van der Waals surface area contributed by atoms with Crippen LogP contribution in [0, 0.1) is 25.4 Å². The van der Waals surface area contributed by atoms with E-state index in [2.05, 4.69) is 4.99 Å². The minimum atomic E-state index is 0.294. The standard InChI is InChI=1S/C21H22ClN3O2/c1-13-6-5-7-19(27-12-23)17(13)11-26-18-9-8-16(10-14(18)2)20(24)15(3)21(22)25-4/h5-10H,11,24H2,1-4H3. The van der Waals surface area contributed by atoms with Gasteiger partial charge in [0.05, 0.1) is 0 Å². The van der Waals surface area contributed by atoms with E-state index in [0.29, 0.717) is 23.2 Å². The van der Waals surface area contributed by atoms with E-state index in [9.17, 15) is 0 Å². The van der Waals surface area contributed by atoms with Crippen LogP contribution in [0.2, 0.25) is 0 Å². The summed E-state index contributed by atoms with van der Waals surface area (Å²) in [5.74, 6) is 1.23. The number of nitrogens with zero attached hydrogens (tertiary/aromatic N) is 2. The molecule has 0 aliphatic carbocycles. The molecule has 2 N–H and O–H groups in total. The van der Waals surface area contributed by atoms with Crippen LogP contribution >= 0.6 is 11.6 Å².